The maximum atomic E-state index is 2.40. The Hall–Kier alpha value is -5.20. The molecule has 2 aliphatic carbocycles. The Balaban J connectivity index is 1.18. The Labute approximate surface area is 238 Å². The van der Waals surface area contributed by atoms with Gasteiger partial charge in [0.2, 0.25) is 0 Å². The van der Waals surface area contributed by atoms with Crippen molar-refractivity contribution in [3.8, 4) is 22.3 Å². The summed E-state index contributed by atoms with van der Waals surface area (Å²) in [6.07, 6.45) is 0. The van der Waals surface area contributed by atoms with Gasteiger partial charge in [-0.3, -0.25) is 0 Å². The third kappa shape index (κ3) is 2.52. The van der Waals surface area contributed by atoms with Crippen molar-refractivity contribution in [3.05, 3.63) is 168 Å². The van der Waals surface area contributed by atoms with Crippen LogP contribution in [0.4, 0.5) is 0 Å². The topological polar surface area (TPSA) is 0 Å². The zero-order valence-corrected chi connectivity index (χ0v) is 22.4. The second-order valence-electron chi connectivity index (χ2n) is 11.6. The van der Waals surface area contributed by atoms with E-state index < -0.39 is 0 Å². The summed E-state index contributed by atoms with van der Waals surface area (Å²) in [5.74, 6) is 0. The van der Waals surface area contributed by atoms with Gasteiger partial charge < -0.3 is 0 Å². The molecule has 0 fully saturated rings. The van der Waals surface area contributed by atoms with Crippen molar-refractivity contribution in [2.24, 2.45) is 0 Å². The van der Waals surface area contributed by atoms with Gasteiger partial charge in [0.1, 0.15) is 0 Å². The molecule has 0 nitrogen and oxygen atoms in total. The fourth-order valence-corrected chi connectivity index (χ4v) is 8.16. The van der Waals surface area contributed by atoms with Crippen LogP contribution in [0.25, 0.3) is 65.3 Å². The van der Waals surface area contributed by atoms with Crippen molar-refractivity contribution >= 4 is 43.1 Å². The quantitative estimate of drug-likeness (QED) is 0.200. The predicted octanol–water partition coefficient (Wildman–Crippen LogP) is 10.6. The lowest BCUT2D eigenvalue weighted by atomic mass is 9.49. The monoisotopic (exact) mass is 516 g/mol. The van der Waals surface area contributed by atoms with Crippen molar-refractivity contribution < 1.29 is 0 Å². The van der Waals surface area contributed by atoms with Gasteiger partial charge in [-0.05, 0) is 99.7 Å². The molecule has 8 aromatic rings. The molecule has 2 aliphatic rings. The minimum atomic E-state index is -0.0762. The van der Waals surface area contributed by atoms with Gasteiger partial charge >= 0.3 is 0 Å². The normalized spacial score (nSPS) is 14.0. The molecule has 0 radical (unpaired) electrons. The lowest BCUT2D eigenvalue weighted by Crippen LogP contribution is -2.43. The molecule has 0 aliphatic heterocycles. The first-order valence-corrected chi connectivity index (χ1v) is 14.4. The van der Waals surface area contributed by atoms with Gasteiger partial charge in [0.15, 0.2) is 0 Å². The third-order valence-corrected chi connectivity index (χ3v) is 9.79. The molecule has 8 aromatic carbocycles. The molecular weight excluding hydrogens is 492 g/mol. The highest BCUT2D eigenvalue weighted by Gasteiger charge is 2.54. The Morgan fingerprint density at radius 3 is 1.61 bits per heavy atom. The molecule has 0 heteroatoms. The van der Waals surface area contributed by atoms with E-state index in [0.29, 0.717) is 0 Å². The van der Waals surface area contributed by atoms with Crippen molar-refractivity contribution in [2.45, 2.75) is 5.41 Å². The van der Waals surface area contributed by atoms with Crippen LogP contribution in [0.1, 0.15) is 22.3 Å². The first kappa shape index (κ1) is 21.6. The zero-order valence-electron chi connectivity index (χ0n) is 22.4. The minimum absolute atomic E-state index is 0.0762. The molecule has 41 heavy (non-hydrogen) atoms. The molecule has 0 heterocycles. The molecule has 0 saturated carbocycles. The van der Waals surface area contributed by atoms with E-state index >= 15 is 0 Å². The lowest BCUT2D eigenvalue weighted by Gasteiger charge is -2.52. The van der Waals surface area contributed by atoms with E-state index in [2.05, 4.69) is 146 Å². The van der Waals surface area contributed by atoms with Crippen LogP contribution in [-0.2, 0) is 5.41 Å². The molecule has 0 atom stereocenters. The summed E-state index contributed by atoms with van der Waals surface area (Å²) in [5.41, 5.74) is 10.9. The van der Waals surface area contributed by atoms with Gasteiger partial charge in [0.05, 0.1) is 5.41 Å². The van der Waals surface area contributed by atoms with Crippen LogP contribution in [0.15, 0.2) is 146 Å². The summed E-state index contributed by atoms with van der Waals surface area (Å²) in [5, 5.41) is 10.7. The molecule has 188 valence electrons. The number of hydrogen-bond acceptors (Lipinski definition) is 0. The summed E-state index contributed by atoms with van der Waals surface area (Å²) in [7, 11) is 0. The van der Waals surface area contributed by atoms with E-state index in [9.17, 15) is 0 Å². The minimum Gasteiger partial charge on any atom is -0.0616 e. The second-order valence-corrected chi connectivity index (χ2v) is 11.6. The van der Waals surface area contributed by atoms with Gasteiger partial charge in [0.25, 0.3) is 0 Å². The zero-order chi connectivity index (χ0) is 26.7. The van der Waals surface area contributed by atoms with Gasteiger partial charge in [-0.2, -0.15) is 0 Å². The highest BCUT2D eigenvalue weighted by atomic mass is 14.5. The molecule has 0 N–H and O–H groups in total. The van der Waals surface area contributed by atoms with Crippen LogP contribution in [-0.4, -0.2) is 0 Å². The van der Waals surface area contributed by atoms with Crippen LogP contribution in [0.3, 0.4) is 0 Å². The first-order valence-electron chi connectivity index (χ1n) is 14.4. The summed E-state index contributed by atoms with van der Waals surface area (Å²) in [6, 6.07) is 54.3. The van der Waals surface area contributed by atoms with Gasteiger partial charge in [-0.1, -0.05) is 133 Å². The van der Waals surface area contributed by atoms with Gasteiger partial charge in [-0.15, -0.1) is 0 Å². The highest BCUT2D eigenvalue weighted by molar-refractivity contribution is 6.15. The predicted molar refractivity (Wildman–Crippen MR) is 173 cm³/mol. The van der Waals surface area contributed by atoms with E-state index in [1.54, 1.807) is 0 Å². The van der Waals surface area contributed by atoms with E-state index in [1.807, 2.05) is 0 Å². The number of benzene rings is 8. The molecular formula is C41H24. The van der Waals surface area contributed by atoms with Crippen LogP contribution >= 0.6 is 0 Å². The average Bonchev–Trinajstić information content (AvgIpc) is 3.02. The number of hydrogen-bond donors (Lipinski definition) is 0. The Kier molecular flexibility index (Phi) is 3.95. The molecule has 0 bridgehead atoms. The smallest absolute Gasteiger partial charge is 0.0616 e. The Bertz CT molecular complexity index is 2320. The molecule has 0 unspecified atom stereocenters. The summed E-state index contributed by atoms with van der Waals surface area (Å²) < 4.78 is 0. The molecule has 10 rings (SSSR count). The van der Waals surface area contributed by atoms with E-state index in [0.717, 1.165) is 0 Å². The highest BCUT2D eigenvalue weighted by Crippen LogP contribution is 2.65. The van der Waals surface area contributed by atoms with Crippen LogP contribution < -0.4 is 0 Å². The largest absolute Gasteiger partial charge is 0.0725 e. The van der Waals surface area contributed by atoms with Crippen LogP contribution in [0, 0.1) is 0 Å². The molecule has 1 spiro atoms. The van der Waals surface area contributed by atoms with E-state index in [4.69, 9.17) is 0 Å². The van der Waals surface area contributed by atoms with Gasteiger partial charge in [-0.25, -0.2) is 0 Å². The summed E-state index contributed by atoms with van der Waals surface area (Å²) >= 11 is 0. The standard InChI is InChI=1S/C41H24/c1-3-15-31-27(9-1)23-28-10-2-4-16-32(28)38(31)29-14-5-13-26(24-29)30-21-22-37-40-33(30)17-8-20-36(40)41(37)34-18-6-11-25-12-7-19-35(41)39(25)34/h1-24H. The fourth-order valence-electron chi connectivity index (χ4n) is 8.16. The Morgan fingerprint density at radius 2 is 0.878 bits per heavy atom. The summed E-state index contributed by atoms with van der Waals surface area (Å²) in [6.45, 7) is 0. The van der Waals surface area contributed by atoms with Crippen LogP contribution in [0.5, 0.6) is 0 Å². The Morgan fingerprint density at radius 1 is 0.341 bits per heavy atom. The second kappa shape index (κ2) is 7.50. The third-order valence-electron chi connectivity index (χ3n) is 9.79. The first-order chi connectivity index (χ1) is 20.3. The SMILES string of the molecule is c1cc(-c2c3ccccc3cc3ccccc23)cc(-c2ccc3c4c(cccc24)C32c3cccc4cccc2c34)c1. The van der Waals surface area contributed by atoms with E-state index in [-0.39, 0.29) is 5.41 Å². The van der Waals surface area contributed by atoms with Crippen molar-refractivity contribution in [1.82, 2.24) is 0 Å². The lowest BCUT2D eigenvalue weighted by molar-refractivity contribution is 0.701. The van der Waals surface area contributed by atoms with Crippen molar-refractivity contribution in [2.75, 3.05) is 0 Å². The number of fused-ring (bicyclic) bond motifs is 6. The molecule has 0 aromatic heterocycles. The van der Waals surface area contributed by atoms with Crippen LogP contribution in [0.2, 0.25) is 0 Å². The van der Waals surface area contributed by atoms with Crippen molar-refractivity contribution in [1.29, 1.82) is 0 Å². The molecule has 0 amide bonds. The van der Waals surface area contributed by atoms with E-state index in [1.165, 1.54) is 87.6 Å². The maximum absolute atomic E-state index is 2.40. The maximum Gasteiger partial charge on any atom is 0.0725 e. The van der Waals surface area contributed by atoms with Gasteiger partial charge in [0, 0.05) is 0 Å². The fraction of sp³-hybridized carbons (Fsp3) is 0.0244. The average molecular weight is 517 g/mol. The summed E-state index contributed by atoms with van der Waals surface area (Å²) in [4.78, 5) is 0. The molecule has 0 saturated heterocycles. The van der Waals surface area contributed by atoms with Crippen molar-refractivity contribution in [3.63, 3.8) is 0 Å². The number of rotatable bonds is 2.